The van der Waals surface area contributed by atoms with Gasteiger partial charge in [-0.3, -0.25) is 10.2 Å². The van der Waals surface area contributed by atoms with Gasteiger partial charge in [0.2, 0.25) is 5.91 Å². The number of carbonyl (C=O) groups excluding carboxylic acids is 1. The van der Waals surface area contributed by atoms with Crippen LogP contribution < -0.4 is 11.3 Å². The first-order chi connectivity index (χ1) is 10.8. The molecule has 3 heteroatoms. The van der Waals surface area contributed by atoms with Crippen molar-refractivity contribution in [2.75, 3.05) is 0 Å². The highest BCUT2D eigenvalue weighted by molar-refractivity contribution is 5.74. The topological polar surface area (TPSA) is 55.1 Å². The molecule has 0 spiro atoms. The summed E-state index contributed by atoms with van der Waals surface area (Å²) in [5, 5.41) is 0. The fourth-order valence-electron chi connectivity index (χ4n) is 2.33. The minimum absolute atomic E-state index is 0.0571. The van der Waals surface area contributed by atoms with Crippen molar-refractivity contribution >= 4 is 5.91 Å². The molecule has 22 heavy (non-hydrogen) atoms. The van der Waals surface area contributed by atoms with E-state index in [2.05, 4.69) is 36.7 Å². The fraction of sp³-hybridized carbons (Fsp3) is 0.737. The van der Waals surface area contributed by atoms with E-state index < -0.39 is 0 Å². The molecule has 0 aliphatic carbocycles. The van der Waals surface area contributed by atoms with Crippen LogP contribution in [-0.4, -0.2) is 5.91 Å². The van der Waals surface area contributed by atoms with Crippen LogP contribution in [0.5, 0.6) is 0 Å². The molecule has 0 bridgehead atoms. The zero-order valence-electron chi connectivity index (χ0n) is 14.5. The molecule has 128 valence electrons. The molecule has 3 nitrogen and oxygen atoms in total. The van der Waals surface area contributed by atoms with Gasteiger partial charge in [-0.2, -0.15) is 0 Å². The van der Waals surface area contributed by atoms with Gasteiger partial charge in [-0.1, -0.05) is 63.3 Å². The smallest absolute Gasteiger partial charge is 0.233 e. The standard InChI is InChI=1S/C19H36N2O/c1-2-3-4-5-6-7-8-9-10-11-12-13-14-15-16-17-18-19(22)21-20/h7-8,11-12H,2-6,9-10,13-18,20H2,1H3,(H,21,22)/b8-7+,12-11+. The lowest BCUT2D eigenvalue weighted by molar-refractivity contribution is -0.121. The van der Waals surface area contributed by atoms with Crippen LogP contribution in [0, 0.1) is 0 Å². The molecule has 1 amide bonds. The van der Waals surface area contributed by atoms with Crippen molar-refractivity contribution in [3.8, 4) is 0 Å². The molecule has 0 aliphatic heterocycles. The first kappa shape index (κ1) is 20.9. The predicted octanol–water partition coefficient (Wildman–Crippen LogP) is 5.18. The number of nitrogens with one attached hydrogen (secondary N) is 1. The molecule has 0 aliphatic rings. The van der Waals surface area contributed by atoms with Gasteiger partial charge < -0.3 is 0 Å². The second-order valence-electron chi connectivity index (χ2n) is 5.89. The summed E-state index contributed by atoms with van der Waals surface area (Å²) >= 11 is 0. The van der Waals surface area contributed by atoms with Crippen LogP contribution >= 0.6 is 0 Å². The Bertz CT molecular complexity index is 298. The van der Waals surface area contributed by atoms with Gasteiger partial charge in [0.25, 0.3) is 0 Å². The van der Waals surface area contributed by atoms with Crippen LogP contribution in [0.3, 0.4) is 0 Å². The molecule has 0 rings (SSSR count). The lowest BCUT2D eigenvalue weighted by Gasteiger charge is -1.99. The normalized spacial score (nSPS) is 11.5. The second kappa shape index (κ2) is 18.0. The third-order valence-electron chi connectivity index (χ3n) is 3.74. The first-order valence-electron chi connectivity index (χ1n) is 9.10. The molecule has 3 N–H and O–H groups in total. The number of hydrazine groups is 1. The number of rotatable bonds is 15. The summed E-state index contributed by atoms with van der Waals surface area (Å²) in [6, 6.07) is 0. The quantitative estimate of drug-likeness (QED) is 0.144. The molecule has 0 unspecified atom stereocenters. The third-order valence-corrected chi connectivity index (χ3v) is 3.74. The van der Waals surface area contributed by atoms with Crippen LogP contribution in [0.2, 0.25) is 0 Å². The number of allylic oxidation sites excluding steroid dienone is 4. The van der Waals surface area contributed by atoms with Gasteiger partial charge >= 0.3 is 0 Å². The van der Waals surface area contributed by atoms with E-state index in [0.717, 1.165) is 25.7 Å². The molecule has 0 atom stereocenters. The summed E-state index contributed by atoms with van der Waals surface area (Å²) in [5.41, 5.74) is 2.16. The molecular formula is C19H36N2O. The van der Waals surface area contributed by atoms with Gasteiger partial charge in [-0.25, -0.2) is 5.84 Å². The van der Waals surface area contributed by atoms with E-state index in [4.69, 9.17) is 5.84 Å². The maximum absolute atomic E-state index is 10.9. The van der Waals surface area contributed by atoms with Gasteiger partial charge in [0.05, 0.1) is 0 Å². The summed E-state index contributed by atoms with van der Waals surface area (Å²) in [7, 11) is 0. The van der Waals surface area contributed by atoms with Crippen molar-refractivity contribution in [3.63, 3.8) is 0 Å². The van der Waals surface area contributed by atoms with Gasteiger partial charge in [-0.15, -0.1) is 0 Å². The average Bonchev–Trinajstić information content (AvgIpc) is 2.54. The Labute approximate surface area is 137 Å². The molecule has 0 aromatic heterocycles. The van der Waals surface area contributed by atoms with E-state index in [1.54, 1.807) is 0 Å². The van der Waals surface area contributed by atoms with Crippen LogP contribution in [0.1, 0.15) is 90.4 Å². The maximum Gasteiger partial charge on any atom is 0.233 e. The Morgan fingerprint density at radius 3 is 1.82 bits per heavy atom. The number of carbonyl (C=O) groups is 1. The molecule has 0 saturated heterocycles. The van der Waals surface area contributed by atoms with Gasteiger partial charge in [-0.05, 0) is 44.9 Å². The van der Waals surface area contributed by atoms with E-state index in [-0.39, 0.29) is 5.91 Å². The van der Waals surface area contributed by atoms with Crippen molar-refractivity contribution < 1.29 is 4.79 Å². The lowest BCUT2D eigenvalue weighted by Crippen LogP contribution is -2.29. The van der Waals surface area contributed by atoms with Crippen molar-refractivity contribution in [2.45, 2.75) is 90.4 Å². The van der Waals surface area contributed by atoms with Gasteiger partial charge in [0.1, 0.15) is 0 Å². The zero-order valence-corrected chi connectivity index (χ0v) is 14.5. The third kappa shape index (κ3) is 17.0. The molecular weight excluding hydrogens is 272 g/mol. The maximum atomic E-state index is 10.9. The number of unbranched alkanes of at least 4 members (excludes halogenated alkanes) is 9. The van der Waals surface area contributed by atoms with E-state index in [1.807, 2.05) is 0 Å². The number of hydrogen-bond donors (Lipinski definition) is 2. The summed E-state index contributed by atoms with van der Waals surface area (Å²) in [5.74, 6) is 4.97. The number of nitrogens with two attached hydrogens (primary N) is 1. The largest absolute Gasteiger partial charge is 0.294 e. The van der Waals surface area contributed by atoms with E-state index in [0.29, 0.717) is 6.42 Å². The Morgan fingerprint density at radius 1 is 0.773 bits per heavy atom. The Kier molecular flexibility index (Phi) is 17.1. The summed E-state index contributed by atoms with van der Waals surface area (Å²) in [6.07, 6.45) is 24.4. The van der Waals surface area contributed by atoms with Crippen molar-refractivity contribution in [3.05, 3.63) is 24.3 Å². The monoisotopic (exact) mass is 308 g/mol. The van der Waals surface area contributed by atoms with E-state index in [9.17, 15) is 4.79 Å². The SMILES string of the molecule is CCCCCC/C=C/CC/C=C/CCCCCCC(=O)NN. The van der Waals surface area contributed by atoms with Crippen LogP contribution in [0.4, 0.5) is 0 Å². The molecule has 0 fully saturated rings. The highest BCUT2D eigenvalue weighted by atomic mass is 16.2. The van der Waals surface area contributed by atoms with Crippen LogP contribution in [-0.2, 0) is 4.79 Å². The molecule has 0 radical (unpaired) electrons. The summed E-state index contributed by atoms with van der Waals surface area (Å²) < 4.78 is 0. The summed E-state index contributed by atoms with van der Waals surface area (Å²) in [4.78, 5) is 10.9. The first-order valence-corrected chi connectivity index (χ1v) is 9.10. The highest BCUT2D eigenvalue weighted by Gasteiger charge is 1.96. The molecule has 0 aromatic carbocycles. The molecule has 0 heterocycles. The molecule has 0 saturated carbocycles. The van der Waals surface area contributed by atoms with E-state index in [1.165, 1.54) is 51.4 Å². The minimum atomic E-state index is -0.0571. The number of amides is 1. The highest BCUT2D eigenvalue weighted by Crippen LogP contribution is 2.07. The van der Waals surface area contributed by atoms with Gasteiger partial charge in [0.15, 0.2) is 0 Å². The average molecular weight is 309 g/mol. The van der Waals surface area contributed by atoms with Gasteiger partial charge in [0, 0.05) is 6.42 Å². The van der Waals surface area contributed by atoms with Crippen molar-refractivity contribution in [1.29, 1.82) is 0 Å². The molecule has 0 aromatic rings. The Hall–Kier alpha value is -1.09. The fourth-order valence-corrected chi connectivity index (χ4v) is 2.33. The minimum Gasteiger partial charge on any atom is -0.294 e. The number of hydrogen-bond acceptors (Lipinski definition) is 2. The Balaban J connectivity index is 3.20. The summed E-state index contributed by atoms with van der Waals surface area (Å²) in [6.45, 7) is 2.25. The predicted molar refractivity (Wildman–Crippen MR) is 96.3 cm³/mol. The lowest BCUT2D eigenvalue weighted by atomic mass is 10.1. The second-order valence-corrected chi connectivity index (χ2v) is 5.89. The Morgan fingerprint density at radius 2 is 1.27 bits per heavy atom. The van der Waals surface area contributed by atoms with Crippen molar-refractivity contribution in [1.82, 2.24) is 5.43 Å². The van der Waals surface area contributed by atoms with Crippen LogP contribution in [0.15, 0.2) is 24.3 Å². The zero-order chi connectivity index (χ0) is 16.3. The van der Waals surface area contributed by atoms with Crippen LogP contribution in [0.25, 0.3) is 0 Å². The van der Waals surface area contributed by atoms with Crippen molar-refractivity contribution in [2.24, 2.45) is 5.84 Å². The van der Waals surface area contributed by atoms with E-state index >= 15 is 0 Å².